The van der Waals surface area contributed by atoms with Gasteiger partial charge in [0.25, 0.3) is 0 Å². The number of hydrogen-bond acceptors (Lipinski definition) is 4. The number of nitrogens with one attached hydrogen (secondary N) is 2. The Morgan fingerprint density at radius 1 is 0.964 bits per heavy atom. The lowest BCUT2D eigenvalue weighted by molar-refractivity contribution is -0.146. The van der Waals surface area contributed by atoms with Gasteiger partial charge in [-0.05, 0) is 68.4 Å². The minimum absolute atomic E-state index is 0.00895. The molecule has 2 amide bonds. The van der Waals surface area contributed by atoms with Gasteiger partial charge in [0.05, 0.1) is 19.8 Å². The smallest absolute Gasteiger partial charge is 0.243 e. The van der Waals surface area contributed by atoms with Crippen LogP contribution in [0.2, 0.25) is 0 Å². The third-order valence-corrected chi connectivity index (χ3v) is 6.96. The van der Waals surface area contributed by atoms with Crippen molar-refractivity contribution in [2.45, 2.75) is 44.9 Å². The Balaban J connectivity index is 1.18. The first kappa shape index (κ1) is 17.8. The minimum atomic E-state index is -0.218. The number of fused-ring (bicyclic) bond motifs is 1. The molecular weight excluding hydrogens is 356 g/mol. The van der Waals surface area contributed by atoms with E-state index in [0.717, 1.165) is 25.7 Å². The van der Waals surface area contributed by atoms with Crippen molar-refractivity contribution in [3.63, 3.8) is 0 Å². The molecule has 4 bridgehead atoms. The first-order valence-corrected chi connectivity index (χ1v) is 10.6. The fourth-order valence-electron chi connectivity index (χ4n) is 6.18. The van der Waals surface area contributed by atoms with Crippen LogP contribution in [0.1, 0.15) is 44.9 Å². The van der Waals surface area contributed by atoms with E-state index in [2.05, 4.69) is 10.6 Å². The molecule has 4 fully saturated rings. The van der Waals surface area contributed by atoms with Crippen molar-refractivity contribution >= 4 is 17.5 Å². The lowest BCUT2D eigenvalue weighted by atomic mass is 9.49. The van der Waals surface area contributed by atoms with Crippen LogP contribution in [0.5, 0.6) is 11.5 Å². The lowest BCUT2D eigenvalue weighted by Gasteiger charge is -2.55. The summed E-state index contributed by atoms with van der Waals surface area (Å²) in [6, 6.07) is 5.38. The van der Waals surface area contributed by atoms with Crippen LogP contribution >= 0.6 is 0 Å². The van der Waals surface area contributed by atoms with E-state index in [4.69, 9.17) is 9.47 Å². The van der Waals surface area contributed by atoms with Crippen molar-refractivity contribution < 1.29 is 19.1 Å². The van der Waals surface area contributed by atoms with Gasteiger partial charge < -0.3 is 20.1 Å². The largest absolute Gasteiger partial charge is 0.490 e. The summed E-state index contributed by atoms with van der Waals surface area (Å²) in [4.78, 5) is 25.3. The van der Waals surface area contributed by atoms with E-state index < -0.39 is 0 Å². The summed E-state index contributed by atoms with van der Waals surface area (Å²) in [5, 5.41) is 5.78. The van der Waals surface area contributed by atoms with E-state index in [0.29, 0.717) is 48.2 Å². The number of carbonyl (C=O) groups excluding carboxylic acids is 2. The van der Waals surface area contributed by atoms with Gasteiger partial charge in [-0.25, -0.2) is 0 Å². The van der Waals surface area contributed by atoms with Crippen LogP contribution in [0.3, 0.4) is 0 Å². The van der Waals surface area contributed by atoms with Crippen LogP contribution in [0.15, 0.2) is 18.2 Å². The van der Waals surface area contributed by atoms with E-state index >= 15 is 0 Å². The molecule has 0 aromatic heterocycles. The van der Waals surface area contributed by atoms with Crippen LogP contribution in [0, 0.1) is 23.2 Å². The van der Waals surface area contributed by atoms with Crippen molar-refractivity contribution in [1.82, 2.24) is 5.32 Å². The maximum atomic E-state index is 13.0. The zero-order chi connectivity index (χ0) is 19.1. The van der Waals surface area contributed by atoms with Gasteiger partial charge in [0, 0.05) is 23.6 Å². The Morgan fingerprint density at radius 3 is 2.29 bits per heavy atom. The predicted octanol–water partition coefficient (Wildman–Crippen LogP) is 3.12. The molecule has 28 heavy (non-hydrogen) atoms. The van der Waals surface area contributed by atoms with Gasteiger partial charge in [0.15, 0.2) is 11.5 Å². The van der Waals surface area contributed by atoms with Gasteiger partial charge in [0.1, 0.15) is 0 Å². The van der Waals surface area contributed by atoms with Crippen molar-refractivity contribution in [1.29, 1.82) is 0 Å². The molecule has 1 heterocycles. The minimum Gasteiger partial charge on any atom is -0.490 e. The number of hydrogen-bond donors (Lipinski definition) is 2. The summed E-state index contributed by atoms with van der Waals surface area (Å²) in [7, 11) is 0. The molecule has 2 N–H and O–H groups in total. The van der Waals surface area contributed by atoms with Crippen LogP contribution in [-0.2, 0) is 9.59 Å². The molecule has 0 spiro atoms. The fraction of sp³-hybridized carbons (Fsp3) is 0.636. The van der Waals surface area contributed by atoms with Gasteiger partial charge in [-0.3, -0.25) is 9.59 Å². The highest BCUT2D eigenvalue weighted by atomic mass is 16.5. The molecular formula is C22H28N2O4. The molecule has 4 aliphatic carbocycles. The zero-order valence-corrected chi connectivity index (χ0v) is 16.2. The Hall–Kier alpha value is -2.24. The summed E-state index contributed by atoms with van der Waals surface area (Å²) >= 11 is 0. The quantitative estimate of drug-likeness (QED) is 0.836. The molecule has 6 heteroatoms. The maximum Gasteiger partial charge on any atom is 0.243 e. The Kier molecular flexibility index (Phi) is 4.44. The Labute approximate surface area is 165 Å². The number of amides is 2. The topological polar surface area (TPSA) is 76.7 Å². The normalized spacial score (nSPS) is 32.5. The molecule has 1 aromatic carbocycles. The average molecular weight is 384 g/mol. The highest BCUT2D eigenvalue weighted by molar-refractivity contribution is 5.95. The predicted molar refractivity (Wildman–Crippen MR) is 104 cm³/mol. The number of anilines is 1. The second kappa shape index (κ2) is 6.98. The third-order valence-electron chi connectivity index (χ3n) is 6.96. The molecule has 6 rings (SSSR count). The summed E-state index contributed by atoms with van der Waals surface area (Å²) in [6.45, 7) is 1.25. The number of ether oxygens (including phenoxy) is 2. The van der Waals surface area contributed by atoms with Crippen molar-refractivity contribution in [3.8, 4) is 11.5 Å². The third kappa shape index (κ3) is 3.33. The molecule has 0 radical (unpaired) electrons. The van der Waals surface area contributed by atoms with Gasteiger partial charge in [-0.1, -0.05) is 0 Å². The molecule has 0 unspecified atom stereocenters. The first-order valence-electron chi connectivity index (χ1n) is 10.6. The fourth-order valence-corrected chi connectivity index (χ4v) is 6.18. The summed E-state index contributed by atoms with van der Waals surface area (Å²) in [5.41, 5.74) is 0.433. The van der Waals surface area contributed by atoms with Crippen molar-refractivity contribution in [2.75, 3.05) is 25.1 Å². The molecule has 150 valence electrons. The monoisotopic (exact) mass is 384 g/mol. The highest BCUT2D eigenvalue weighted by Crippen LogP contribution is 2.60. The second-order valence-electron chi connectivity index (χ2n) is 9.14. The molecule has 1 aromatic rings. The highest BCUT2D eigenvalue weighted by Gasteiger charge is 2.54. The molecule has 1 aliphatic heterocycles. The molecule has 5 aliphatic rings. The van der Waals surface area contributed by atoms with Crippen LogP contribution in [0.25, 0.3) is 0 Å². The van der Waals surface area contributed by atoms with Crippen molar-refractivity contribution in [2.24, 2.45) is 23.2 Å². The van der Waals surface area contributed by atoms with E-state index in [1.54, 1.807) is 12.1 Å². The van der Waals surface area contributed by atoms with E-state index in [1.165, 1.54) is 19.3 Å². The lowest BCUT2D eigenvalue weighted by Crippen LogP contribution is -2.54. The van der Waals surface area contributed by atoms with Crippen LogP contribution in [-0.4, -0.2) is 31.6 Å². The Morgan fingerprint density at radius 2 is 1.61 bits per heavy atom. The average Bonchev–Trinajstić information content (AvgIpc) is 2.90. The van der Waals surface area contributed by atoms with E-state index in [-0.39, 0.29) is 23.8 Å². The molecule has 4 saturated carbocycles. The zero-order valence-electron chi connectivity index (χ0n) is 16.2. The standard InChI is InChI=1S/C22H28N2O4/c25-20(24-17-2-3-18-19(9-17)28-5-1-4-27-18)13-23-21(26)22-10-14-6-15(11-22)8-16(7-14)12-22/h2-3,9,14-16H,1,4-8,10-13H2,(H,23,26)(H,24,25). The number of carbonyl (C=O) groups is 2. The van der Waals surface area contributed by atoms with Crippen molar-refractivity contribution in [3.05, 3.63) is 18.2 Å². The number of rotatable bonds is 4. The molecule has 6 nitrogen and oxygen atoms in total. The molecule has 0 saturated heterocycles. The summed E-state index contributed by atoms with van der Waals surface area (Å²) < 4.78 is 11.3. The second-order valence-corrected chi connectivity index (χ2v) is 9.14. The van der Waals surface area contributed by atoms with E-state index in [9.17, 15) is 9.59 Å². The maximum absolute atomic E-state index is 13.0. The number of benzene rings is 1. The van der Waals surface area contributed by atoms with Gasteiger partial charge in [0.2, 0.25) is 11.8 Å². The Bertz CT molecular complexity index is 755. The summed E-state index contributed by atoms with van der Waals surface area (Å²) in [5.74, 6) is 3.36. The SMILES string of the molecule is O=C(CNC(=O)C12CC3CC(CC(C3)C1)C2)Nc1ccc2c(c1)OCCCO2. The van der Waals surface area contributed by atoms with Gasteiger partial charge >= 0.3 is 0 Å². The van der Waals surface area contributed by atoms with Gasteiger partial charge in [-0.15, -0.1) is 0 Å². The van der Waals surface area contributed by atoms with Crippen LogP contribution < -0.4 is 20.1 Å². The summed E-state index contributed by atoms with van der Waals surface area (Å²) in [6.07, 6.45) is 7.77. The van der Waals surface area contributed by atoms with E-state index in [1.807, 2.05) is 6.07 Å². The first-order chi connectivity index (χ1) is 13.6. The van der Waals surface area contributed by atoms with Crippen LogP contribution in [0.4, 0.5) is 5.69 Å². The van der Waals surface area contributed by atoms with Gasteiger partial charge in [-0.2, -0.15) is 0 Å². The molecule has 0 atom stereocenters.